The zero-order valence-electron chi connectivity index (χ0n) is 10.8. The van der Waals surface area contributed by atoms with E-state index in [1.165, 1.54) is 0 Å². The van der Waals surface area contributed by atoms with Crippen LogP contribution in [0.25, 0.3) is 12.2 Å². The van der Waals surface area contributed by atoms with Crippen molar-refractivity contribution in [3.05, 3.63) is 42.0 Å². The Hall–Kier alpha value is -1.50. The molecule has 1 aromatic carbocycles. The normalized spacial score (nSPS) is 8.75. The van der Waals surface area contributed by atoms with E-state index in [2.05, 4.69) is 19.2 Å². The largest absolute Gasteiger partial charge is 0.494 e. The Labute approximate surface area is 99.5 Å². The molecule has 16 heavy (non-hydrogen) atoms. The van der Waals surface area contributed by atoms with Crippen LogP contribution in [0.5, 0.6) is 5.75 Å². The lowest BCUT2D eigenvalue weighted by atomic mass is 10.0. The van der Waals surface area contributed by atoms with Gasteiger partial charge in [0, 0.05) is 0 Å². The number of aryl methyl sites for hydroxylation is 1. The summed E-state index contributed by atoms with van der Waals surface area (Å²) in [6, 6.07) is 4.07. The number of ether oxygens (including phenoxy) is 1. The Morgan fingerprint density at radius 1 is 1.12 bits per heavy atom. The molecule has 1 heteroatoms. The van der Waals surface area contributed by atoms with Gasteiger partial charge in [-0.15, -0.1) is 0 Å². The molecule has 0 aliphatic rings. The van der Waals surface area contributed by atoms with E-state index in [0.717, 1.165) is 22.4 Å². The van der Waals surface area contributed by atoms with Gasteiger partial charge in [-0.1, -0.05) is 39.2 Å². The molecular formula is C15H22O. The van der Waals surface area contributed by atoms with Crippen molar-refractivity contribution in [3.8, 4) is 5.75 Å². The molecule has 0 radical (unpaired) electrons. The predicted molar refractivity (Wildman–Crippen MR) is 73.9 cm³/mol. The van der Waals surface area contributed by atoms with Gasteiger partial charge >= 0.3 is 0 Å². The van der Waals surface area contributed by atoms with Gasteiger partial charge in [0.2, 0.25) is 0 Å². The molecule has 0 aliphatic heterocycles. The van der Waals surface area contributed by atoms with E-state index in [4.69, 9.17) is 4.74 Å². The number of benzene rings is 1. The summed E-state index contributed by atoms with van der Waals surface area (Å²) in [5.41, 5.74) is 3.29. The molecule has 0 aliphatic carbocycles. The topological polar surface area (TPSA) is 9.23 Å². The van der Waals surface area contributed by atoms with E-state index in [1.54, 1.807) is 0 Å². The predicted octanol–water partition coefficient (Wildman–Crippen LogP) is 4.71. The van der Waals surface area contributed by atoms with Crippen LogP contribution in [-0.4, -0.2) is 6.61 Å². The molecule has 0 unspecified atom stereocenters. The van der Waals surface area contributed by atoms with Crippen molar-refractivity contribution >= 4 is 12.2 Å². The molecule has 0 atom stereocenters. The molecule has 1 rings (SSSR count). The standard InChI is InChI=1S/C13H16O.C2H6/c1-5-11-8-10(4)13(14-7-3)9-12(11)6-2;1-2/h5-6,8-9H,1-2,7H2,3-4H3;1-2H3. The first-order chi connectivity index (χ1) is 7.72. The minimum Gasteiger partial charge on any atom is -0.494 e. The first-order valence-corrected chi connectivity index (χ1v) is 5.75. The van der Waals surface area contributed by atoms with Crippen LogP contribution in [0.4, 0.5) is 0 Å². The van der Waals surface area contributed by atoms with Gasteiger partial charge in [0.05, 0.1) is 6.61 Å². The number of hydrogen-bond acceptors (Lipinski definition) is 1. The monoisotopic (exact) mass is 218 g/mol. The summed E-state index contributed by atoms with van der Waals surface area (Å²) in [4.78, 5) is 0. The molecule has 0 bridgehead atoms. The second-order valence-corrected chi connectivity index (χ2v) is 3.09. The SMILES string of the molecule is C=Cc1cc(C)c(OCC)cc1C=C.CC. The fraction of sp³-hybridized carbons (Fsp3) is 0.333. The van der Waals surface area contributed by atoms with Crippen molar-refractivity contribution in [3.63, 3.8) is 0 Å². The molecule has 1 nitrogen and oxygen atoms in total. The molecule has 88 valence electrons. The van der Waals surface area contributed by atoms with Crippen molar-refractivity contribution in [2.75, 3.05) is 6.61 Å². The second kappa shape index (κ2) is 7.75. The Morgan fingerprint density at radius 2 is 1.62 bits per heavy atom. The third kappa shape index (κ3) is 3.58. The van der Waals surface area contributed by atoms with E-state index in [9.17, 15) is 0 Å². The van der Waals surface area contributed by atoms with Crippen LogP contribution >= 0.6 is 0 Å². The summed E-state index contributed by atoms with van der Waals surface area (Å²) in [7, 11) is 0. The first kappa shape index (κ1) is 14.5. The molecule has 0 spiro atoms. The van der Waals surface area contributed by atoms with Crippen LogP contribution in [0.3, 0.4) is 0 Å². The maximum absolute atomic E-state index is 5.50. The summed E-state index contributed by atoms with van der Waals surface area (Å²) in [6.45, 7) is 16.2. The highest BCUT2D eigenvalue weighted by molar-refractivity contribution is 5.66. The van der Waals surface area contributed by atoms with Crippen LogP contribution in [-0.2, 0) is 0 Å². The summed E-state index contributed by atoms with van der Waals surface area (Å²) in [5.74, 6) is 0.924. The fourth-order valence-electron chi connectivity index (χ4n) is 1.39. The van der Waals surface area contributed by atoms with E-state index < -0.39 is 0 Å². The van der Waals surface area contributed by atoms with E-state index >= 15 is 0 Å². The van der Waals surface area contributed by atoms with Crippen molar-refractivity contribution < 1.29 is 4.74 Å². The van der Waals surface area contributed by atoms with Crippen LogP contribution in [0, 0.1) is 6.92 Å². The minimum atomic E-state index is 0.685. The molecule has 0 N–H and O–H groups in total. The average Bonchev–Trinajstić information content (AvgIpc) is 2.34. The maximum atomic E-state index is 5.50. The molecular weight excluding hydrogens is 196 g/mol. The first-order valence-electron chi connectivity index (χ1n) is 5.75. The molecule has 0 saturated carbocycles. The van der Waals surface area contributed by atoms with Gasteiger partial charge < -0.3 is 4.74 Å². The van der Waals surface area contributed by atoms with Gasteiger partial charge in [-0.25, -0.2) is 0 Å². The molecule has 0 fully saturated rings. The van der Waals surface area contributed by atoms with Crippen molar-refractivity contribution in [2.45, 2.75) is 27.7 Å². The van der Waals surface area contributed by atoms with Gasteiger partial charge in [0.25, 0.3) is 0 Å². The third-order valence-corrected chi connectivity index (χ3v) is 2.12. The van der Waals surface area contributed by atoms with Crippen LogP contribution in [0.2, 0.25) is 0 Å². The lowest BCUT2D eigenvalue weighted by Gasteiger charge is -2.10. The average molecular weight is 218 g/mol. The molecule has 0 amide bonds. The Bertz CT molecular complexity index is 351. The second-order valence-electron chi connectivity index (χ2n) is 3.09. The van der Waals surface area contributed by atoms with Crippen LogP contribution < -0.4 is 4.74 Å². The van der Waals surface area contributed by atoms with E-state index in [1.807, 2.05) is 45.9 Å². The molecule has 0 saturated heterocycles. The minimum absolute atomic E-state index is 0.685. The van der Waals surface area contributed by atoms with Gasteiger partial charge in [-0.05, 0) is 42.7 Å². The lowest BCUT2D eigenvalue weighted by Crippen LogP contribution is -1.95. The molecule has 0 heterocycles. The van der Waals surface area contributed by atoms with E-state index in [-0.39, 0.29) is 0 Å². The van der Waals surface area contributed by atoms with Gasteiger partial charge in [0.1, 0.15) is 5.75 Å². The zero-order valence-corrected chi connectivity index (χ0v) is 10.8. The van der Waals surface area contributed by atoms with Crippen molar-refractivity contribution in [2.24, 2.45) is 0 Å². The smallest absolute Gasteiger partial charge is 0.122 e. The summed E-state index contributed by atoms with van der Waals surface area (Å²) in [5, 5.41) is 0. The summed E-state index contributed by atoms with van der Waals surface area (Å²) in [6.07, 6.45) is 3.65. The zero-order chi connectivity index (χ0) is 12.6. The Morgan fingerprint density at radius 3 is 2.06 bits per heavy atom. The quantitative estimate of drug-likeness (QED) is 0.711. The summed E-state index contributed by atoms with van der Waals surface area (Å²) < 4.78 is 5.50. The molecule has 1 aromatic rings. The number of rotatable bonds is 4. The number of hydrogen-bond donors (Lipinski definition) is 0. The highest BCUT2D eigenvalue weighted by Crippen LogP contribution is 2.24. The van der Waals surface area contributed by atoms with Crippen LogP contribution in [0.15, 0.2) is 25.3 Å². The van der Waals surface area contributed by atoms with Gasteiger partial charge in [0.15, 0.2) is 0 Å². The molecule has 0 aromatic heterocycles. The van der Waals surface area contributed by atoms with Crippen molar-refractivity contribution in [1.82, 2.24) is 0 Å². The van der Waals surface area contributed by atoms with Crippen molar-refractivity contribution in [1.29, 1.82) is 0 Å². The van der Waals surface area contributed by atoms with Crippen LogP contribution in [0.1, 0.15) is 37.5 Å². The lowest BCUT2D eigenvalue weighted by molar-refractivity contribution is 0.338. The van der Waals surface area contributed by atoms with E-state index in [0.29, 0.717) is 6.61 Å². The summed E-state index contributed by atoms with van der Waals surface area (Å²) >= 11 is 0. The Balaban J connectivity index is 0.00000106. The van der Waals surface area contributed by atoms with Gasteiger partial charge in [-0.2, -0.15) is 0 Å². The fourth-order valence-corrected chi connectivity index (χ4v) is 1.39. The highest BCUT2D eigenvalue weighted by atomic mass is 16.5. The third-order valence-electron chi connectivity index (χ3n) is 2.12. The highest BCUT2D eigenvalue weighted by Gasteiger charge is 2.03. The Kier molecular flexibility index (Phi) is 7.02. The van der Waals surface area contributed by atoms with Gasteiger partial charge in [-0.3, -0.25) is 0 Å². The maximum Gasteiger partial charge on any atom is 0.122 e.